The van der Waals surface area contributed by atoms with Crippen LogP contribution >= 0.6 is 0 Å². The van der Waals surface area contributed by atoms with E-state index in [-0.39, 0.29) is 12.5 Å². The number of carbonyl (C=O) groups is 1. The SMILES string of the molecule is CCN(Cc1ccc2c(c1)OCCO2)C(=O)[C@@H]1COc2ccccc2O1. The predicted octanol–water partition coefficient (Wildman–Crippen LogP) is 2.65. The van der Waals surface area contributed by atoms with Crippen LogP contribution in [0, 0.1) is 0 Å². The molecule has 2 aromatic rings. The zero-order valence-corrected chi connectivity index (χ0v) is 14.6. The molecule has 0 fully saturated rings. The van der Waals surface area contributed by atoms with Crippen molar-refractivity contribution in [1.82, 2.24) is 4.90 Å². The van der Waals surface area contributed by atoms with Gasteiger partial charge in [0.2, 0.25) is 6.10 Å². The van der Waals surface area contributed by atoms with E-state index in [1.54, 1.807) is 4.90 Å². The molecule has 0 radical (unpaired) electrons. The van der Waals surface area contributed by atoms with Crippen LogP contribution in [-0.2, 0) is 11.3 Å². The Kier molecular flexibility index (Phi) is 4.56. The van der Waals surface area contributed by atoms with Crippen molar-refractivity contribution in [1.29, 1.82) is 0 Å². The van der Waals surface area contributed by atoms with Crippen molar-refractivity contribution < 1.29 is 23.7 Å². The third kappa shape index (κ3) is 3.27. The molecule has 0 aromatic heterocycles. The lowest BCUT2D eigenvalue weighted by Gasteiger charge is -2.30. The summed E-state index contributed by atoms with van der Waals surface area (Å²) in [6, 6.07) is 13.2. The van der Waals surface area contributed by atoms with Crippen molar-refractivity contribution in [3.8, 4) is 23.0 Å². The summed E-state index contributed by atoms with van der Waals surface area (Å²) < 4.78 is 22.7. The fraction of sp³-hybridized carbons (Fsp3) is 0.350. The molecule has 1 amide bonds. The molecule has 0 aliphatic carbocycles. The fourth-order valence-corrected chi connectivity index (χ4v) is 3.10. The molecule has 2 aliphatic heterocycles. The zero-order chi connectivity index (χ0) is 17.9. The molecule has 136 valence electrons. The minimum absolute atomic E-state index is 0.0862. The average Bonchev–Trinajstić information content (AvgIpc) is 2.71. The molecule has 0 unspecified atom stereocenters. The summed E-state index contributed by atoms with van der Waals surface area (Å²) in [5.41, 5.74) is 0.988. The van der Waals surface area contributed by atoms with Gasteiger partial charge in [0, 0.05) is 13.1 Å². The molecule has 4 rings (SSSR count). The second-order valence-electron chi connectivity index (χ2n) is 6.19. The van der Waals surface area contributed by atoms with Gasteiger partial charge in [-0.2, -0.15) is 0 Å². The Labute approximate surface area is 152 Å². The third-order valence-corrected chi connectivity index (χ3v) is 4.46. The summed E-state index contributed by atoms with van der Waals surface area (Å²) in [6.45, 7) is 4.33. The number of para-hydroxylation sites is 2. The van der Waals surface area contributed by atoms with Gasteiger partial charge >= 0.3 is 0 Å². The van der Waals surface area contributed by atoms with Gasteiger partial charge in [0.25, 0.3) is 5.91 Å². The summed E-state index contributed by atoms with van der Waals surface area (Å²) in [5.74, 6) is 2.66. The van der Waals surface area contributed by atoms with Gasteiger partial charge in [0.1, 0.15) is 19.8 Å². The molecule has 0 spiro atoms. The maximum atomic E-state index is 12.9. The molecule has 6 heteroatoms. The quantitative estimate of drug-likeness (QED) is 0.844. The van der Waals surface area contributed by atoms with Crippen molar-refractivity contribution in [2.75, 3.05) is 26.4 Å². The van der Waals surface area contributed by atoms with Crippen LogP contribution in [0.15, 0.2) is 42.5 Å². The smallest absolute Gasteiger partial charge is 0.267 e. The number of carbonyl (C=O) groups excluding carboxylic acids is 1. The number of ether oxygens (including phenoxy) is 4. The van der Waals surface area contributed by atoms with Crippen LogP contribution in [0.4, 0.5) is 0 Å². The van der Waals surface area contributed by atoms with Gasteiger partial charge in [0.05, 0.1) is 0 Å². The Bertz CT molecular complexity index is 807. The Morgan fingerprint density at radius 1 is 1.00 bits per heavy atom. The summed E-state index contributed by atoms with van der Waals surface area (Å²) in [5, 5.41) is 0. The number of rotatable bonds is 4. The standard InChI is InChI=1S/C20H21NO5/c1-2-21(12-14-7-8-16-18(11-14)24-10-9-23-16)20(22)19-13-25-15-5-3-4-6-17(15)26-19/h3-8,11,19H,2,9-10,12-13H2,1H3/t19-/m0/s1. The molecule has 0 saturated heterocycles. The lowest BCUT2D eigenvalue weighted by atomic mass is 10.1. The summed E-state index contributed by atoms with van der Waals surface area (Å²) in [6.07, 6.45) is -0.637. The van der Waals surface area contributed by atoms with Crippen molar-refractivity contribution in [3.63, 3.8) is 0 Å². The van der Waals surface area contributed by atoms with Crippen molar-refractivity contribution in [2.45, 2.75) is 19.6 Å². The molecule has 6 nitrogen and oxygen atoms in total. The second kappa shape index (κ2) is 7.15. The van der Waals surface area contributed by atoms with Gasteiger partial charge in [0.15, 0.2) is 23.0 Å². The van der Waals surface area contributed by atoms with Gasteiger partial charge in [-0.25, -0.2) is 0 Å². The maximum absolute atomic E-state index is 12.9. The topological polar surface area (TPSA) is 57.2 Å². The van der Waals surface area contributed by atoms with Crippen molar-refractivity contribution in [2.24, 2.45) is 0 Å². The first-order valence-corrected chi connectivity index (χ1v) is 8.80. The molecule has 2 aromatic carbocycles. The van der Waals surface area contributed by atoms with Crippen LogP contribution in [0.3, 0.4) is 0 Å². The third-order valence-electron chi connectivity index (χ3n) is 4.46. The van der Waals surface area contributed by atoms with E-state index in [2.05, 4.69) is 0 Å². The van der Waals surface area contributed by atoms with E-state index >= 15 is 0 Å². The molecule has 2 aliphatic rings. The number of likely N-dealkylation sites (N-methyl/N-ethyl adjacent to an activating group) is 1. The molecule has 0 saturated carbocycles. The number of fused-ring (bicyclic) bond motifs is 2. The Morgan fingerprint density at radius 2 is 1.73 bits per heavy atom. The van der Waals surface area contributed by atoms with Crippen LogP contribution in [0.5, 0.6) is 23.0 Å². The zero-order valence-electron chi connectivity index (χ0n) is 14.6. The number of amides is 1. The van der Waals surface area contributed by atoms with Crippen LogP contribution in [0.2, 0.25) is 0 Å². The van der Waals surface area contributed by atoms with Gasteiger partial charge < -0.3 is 23.8 Å². The Hall–Kier alpha value is -2.89. The second-order valence-corrected chi connectivity index (χ2v) is 6.19. The first-order valence-electron chi connectivity index (χ1n) is 8.80. The number of hydrogen-bond acceptors (Lipinski definition) is 5. The van der Waals surface area contributed by atoms with Crippen molar-refractivity contribution in [3.05, 3.63) is 48.0 Å². The normalized spacial score (nSPS) is 17.5. The van der Waals surface area contributed by atoms with Crippen LogP contribution in [0.25, 0.3) is 0 Å². The van der Waals surface area contributed by atoms with E-state index in [1.807, 2.05) is 49.4 Å². The number of benzene rings is 2. The molecular weight excluding hydrogens is 334 g/mol. The first-order chi connectivity index (χ1) is 12.7. The lowest BCUT2D eigenvalue weighted by molar-refractivity contribution is -0.141. The van der Waals surface area contributed by atoms with E-state index in [9.17, 15) is 4.79 Å². The highest BCUT2D eigenvalue weighted by molar-refractivity contribution is 5.82. The van der Waals surface area contributed by atoms with Gasteiger partial charge in [-0.3, -0.25) is 4.79 Å². The minimum atomic E-state index is -0.637. The molecule has 26 heavy (non-hydrogen) atoms. The summed E-state index contributed by atoms with van der Waals surface area (Å²) >= 11 is 0. The first kappa shape index (κ1) is 16.6. The maximum Gasteiger partial charge on any atom is 0.267 e. The highest BCUT2D eigenvalue weighted by Crippen LogP contribution is 2.33. The molecule has 1 atom stereocenters. The Morgan fingerprint density at radius 3 is 2.54 bits per heavy atom. The molecule has 0 N–H and O–H groups in total. The monoisotopic (exact) mass is 355 g/mol. The summed E-state index contributed by atoms with van der Waals surface area (Å²) in [4.78, 5) is 14.7. The molecular formula is C20H21NO5. The van der Waals surface area contributed by atoms with E-state index in [4.69, 9.17) is 18.9 Å². The molecule has 0 bridgehead atoms. The lowest BCUT2D eigenvalue weighted by Crippen LogP contribution is -2.46. The Balaban J connectivity index is 1.46. The van der Waals surface area contributed by atoms with Gasteiger partial charge in [-0.1, -0.05) is 18.2 Å². The van der Waals surface area contributed by atoms with Crippen molar-refractivity contribution >= 4 is 5.91 Å². The molecule has 2 heterocycles. The van der Waals surface area contributed by atoms with Crippen LogP contribution < -0.4 is 18.9 Å². The average molecular weight is 355 g/mol. The van der Waals surface area contributed by atoms with Gasteiger partial charge in [-0.15, -0.1) is 0 Å². The van der Waals surface area contributed by atoms with E-state index in [1.165, 1.54) is 0 Å². The number of nitrogens with zero attached hydrogens (tertiary/aromatic N) is 1. The summed E-state index contributed by atoms with van der Waals surface area (Å²) in [7, 11) is 0. The fourth-order valence-electron chi connectivity index (χ4n) is 3.10. The largest absolute Gasteiger partial charge is 0.486 e. The number of hydrogen-bond donors (Lipinski definition) is 0. The van der Waals surface area contributed by atoms with E-state index in [0.717, 1.165) is 17.1 Å². The van der Waals surface area contributed by atoms with E-state index in [0.29, 0.717) is 37.8 Å². The minimum Gasteiger partial charge on any atom is -0.486 e. The van der Waals surface area contributed by atoms with Crippen LogP contribution in [0.1, 0.15) is 12.5 Å². The van der Waals surface area contributed by atoms with Crippen LogP contribution in [-0.4, -0.2) is 43.3 Å². The highest BCUT2D eigenvalue weighted by atomic mass is 16.6. The van der Waals surface area contributed by atoms with E-state index < -0.39 is 6.10 Å². The highest BCUT2D eigenvalue weighted by Gasteiger charge is 2.30. The predicted molar refractivity (Wildman–Crippen MR) is 94.9 cm³/mol. The van der Waals surface area contributed by atoms with Gasteiger partial charge in [-0.05, 0) is 36.8 Å².